The quantitative estimate of drug-likeness (QED) is 0.851. The highest BCUT2D eigenvalue weighted by atomic mass is 79.9. The molecule has 0 saturated heterocycles. The Bertz CT molecular complexity index is 388. The number of aromatic nitrogens is 1. The lowest BCUT2D eigenvalue weighted by Gasteiger charge is -2.30. The maximum absolute atomic E-state index is 12.9. The van der Waals surface area contributed by atoms with Crippen molar-refractivity contribution in [1.29, 1.82) is 0 Å². The first-order valence-corrected chi connectivity index (χ1v) is 5.56. The monoisotopic (exact) mass is 295 g/mol. The van der Waals surface area contributed by atoms with Crippen molar-refractivity contribution in [2.24, 2.45) is 5.92 Å². The van der Waals surface area contributed by atoms with Crippen molar-refractivity contribution in [1.82, 2.24) is 4.98 Å². The van der Waals surface area contributed by atoms with Gasteiger partial charge in [0.1, 0.15) is 4.60 Å². The molecule has 0 aliphatic heterocycles. The average molecular weight is 296 g/mol. The van der Waals surface area contributed by atoms with E-state index >= 15 is 0 Å². The van der Waals surface area contributed by atoms with Gasteiger partial charge in [0.05, 0.1) is 0 Å². The minimum Gasteiger partial charge on any atom is -0.376 e. The molecule has 1 aromatic rings. The molecular weight excluding hydrogens is 287 g/mol. The summed E-state index contributed by atoms with van der Waals surface area (Å²) in [5.74, 6) is -0.740. The highest BCUT2D eigenvalue weighted by molar-refractivity contribution is 9.10. The van der Waals surface area contributed by atoms with Crippen molar-refractivity contribution in [3.8, 4) is 0 Å². The van der Waals surface area contributed by atoms with E-state index in [0.29, 0.717) is 17.4 Å². The molecule has 2 rings (SSSR count). The third kappa shape index (κ3) is 1.84. The van der Waals surface area contributed by atoms with Gasteiger partial charge < -0.3 is 5.11 Å². The van der Waals surface area contributed by atoms with E-state index in [1.807, 2.05) is 0 Å². The second kappa shape index (κ2) is 3.70. The lowest BCUT2D eigenvalue weighted by atomic mass is 9.89. The molecule has 1 aliphatic rings. The Morgan fingerprint density at radius 3 is 2.31 bits per heavy atom. The molecule has 1 heterocycles. The van der Waals surface area contributed by atoms with Crippen LogP contribution in [0.2, 0.25) is 0 Å². The van der Waals surface area contributed by atoms with Gasteiger partial charge in [0.25, 0.3) is 0 Å². The molecule has 88 valence electrons. The lowest BCUT2D eigenvalue weighted by molar-refractivity contribution is -0.275. The van der Waals surface area contributed by atoms with Crippen molar-refractivity contribution in [3.05, 3.63) is 28.5 Å². The van der Waals surface area contributed by atoms with Gasteiger partial charge in [-0.05, 0) is 34.8 Å². The van der Waals surface area contributed by atoms with E-state index < -0.39 is 17.7 Å². The zero-order valence-electron chi connectivity index (χ0n) is 8.13. The van der Waals surface area contributed by atoms with E-state index in [9.17, 15) is 18.3 Å². The summed E-state index contributed by atoms with van der Waals surface area (Å²) in [4.78, 5) is 3.73. The number of nitrogens with zero attached hydrogens (tertiary/aromatic N) is 1. The predicted molar refractivity (Wildman–Crippen MR) is 54.6 cm³/mol. The van der Waals surface area contributed by atoms with Gasteiger partial charge in [-0.3, -0.25) is 0 Å². The molecule has 6 heteroatoms. The van der Waals surface area contributed by atoms with Crippen LogP contribution in [-0.2, 0) is 5.60 Å². The van der Waals surface area contributed by atoms with Crippen LogP contribution in [0.5, 0.6) is 0 Å². The molecule has 2 nitrogen and oxygen atoms in total. The van der Waals surface area contributed by atoms with Gasteiger partial charge in [-0.15, -0.1) is 0 Å². The van der Waals surface area contributed by atoms with E-state index in [-0.39, 0.29) is 5.56 Å². The summed E-state index contributed by atoms with van der Waals surface area (Å²) in [6.07, 6.45) is -2.81. The summed E-state index contributed by atoms with van der Waals surface area (Å²) >= 11 is 3.04. The number of halogens is 4. The summed E-state index contributed by atoms with van der Waals surface area (Å²) in [7, 11) is 0. The molecule has 0 spiro atoms. The predicted octanol–water partition coefficient (Wildman–Crippen LogP) is 3.00. The fourth-order valence-corrected chi connectivity index (χ4v) is 1.97. The summed E-state index contributed by atoms with van der Waals surface area (Å²) in [6, 6.07) is 2.65. The van der Waals surface area contributed by atoms with E-state index in [4.69, 9.17) is 0 Å². The van der Waals surface area contributed by atoms with Gasteiger partial charge in [0.2, 0.25) is 0 Å². The Balaban J connectivity index is 2.43. The van der Waals surface area contributed by atoms with Gasteiger partial charge in [-0.2, -0.15) is 13.2 Å². The average Bonchev–Trinajstić information content (AvgIpc) is 2.99. The molecule has 0 aromatic carbocycles. The maximum Gasteiger partial charge on any atom is 0.421 e. The smallest absolute Gasteiger partial charge is 0.376 e. The van der Waals surface area contributed by atoms with Gasteiger partial charge in [-0.25, -0.2) is 4.98 Å². The Hall–Kier alpha value is -0.620. The van der Waals surface area contributed by atoms with Crippen LogP contribution >= 0.6 is 15.9 Å². The topological polar surface area (TPSA) is 33.1 Å². The van der Waals surface area contributed by atoms with E-state index in [2.05, 4.69) is 20.9 Å². The number of hydrogen-bond donors (Lipinski definition) is 1. The molecular formula is C10H9BrF3NO. The number of aliphatic hydroxyl groups is 1. The van der Waals surface area contributed by atoms with Gasteiger partial charge >= 0.3 is 6.18 Å². The van der Waals surface area contributed by atoms with Crippen LogP contribution in [0.25, 0.3) is 0 Å². The third-order valence-corrected chi connectivity index (χ3v) is 3.24. The lowest BCUT2D eigenvalue weighted by Crippen LogP contribution is -2.44. The molecule has 1 unspecified atom stereocenters. The highest BCUT2D eigenvalue weighted by Crippen LogP contribution is 2.53. The van der Waals surface area contributed by atoms with Crippen LogP contribution < -0.4 is 0 Å². The number of hydrogen-bond acceptors (Lipinski definition) is 2. The number of pyridine rings is 1. The molecule has 0 bridgehead atoms. The fraction of sp³-hybridized carbons (Fsp3) is 0.500. The maximum atomic E-state index is 12.9. The molecule has 1 atom stereocenters. The minimum atomic E-state index is -4.66. The van der Waals surface area contributed by atoms with E-state index in [1.165, 1.54) is 12.1 Å². The van der Waals surface area contributed by atoms with Gasteiger partial charge in [-0.1, -0.05) is 6.07 Å². The van der Waals surface area contributed by atoms with Crippen LogP contribution in [0.15, 0.2) is 22.9 Å². The molecule has 0 radical (unpaired) electrons. The molecule has 1 N–H and O–H groups in total. The van der Waals surface area contributed by atoms with Crippen molar-refractivity contribution in [2.75, 3.05) is 0 Å². The largest absolute Gasteiger partial charge is 0.421 e. The number of rotatable bonds is 2. The zero-order valence-corrected chi connectivity index (χ0v) is 9.72. The van der Waals surface area contributed by atoms with E-state index in [0.717, 1.165) is 6.20 Å². The van der Waals surface area contributed by atoms with Crippen LogP contribution in [0.3, 0.4) is 0 Å². The molecule has 1 saturated carbocycles. The van der Waals surface area contributed by atoms with Gasteiger partial charge in [0, 0.05) is 17.7 Å². The second-order valence-corrected chi connectivity index (χ2v) is 4.72. The summed E-state index contributed by atoms with van der Waals surface area (Å²) in [5.41, 5.74) is -2.94. The fourth-order valence-electron chi connectivity index (χ4n) is 1.73. The normalized spacial score (nSPS) is 20.6. The first kappa shape index (κ1) is 11.9. The zero-order chi connectivity index (χ0) is 12.0. The van der Waals surface area contributed by atoms with Crippen LogP contribution in [0.1, 0.15) is 18.4 Å². The van der Waals surface area contributed by atoms with Crippen molar-refractivity contribution in [3.63, 3.8) is 0 Å². The highest BCUT2D eigenvalue weighted by Gasteiger charge is 2.62. The van der Waals surface area contributed by atoms with Gasteiger partial charge in [0.15, 0.2) is 5.60 Å². The minimum absolute atomic E-state index is 0.189. The first-order valence-electron chi connectivity index (χ1n) is 4.77. The molecule has 1 aliphatic carbocycles. The Kier molecular flexibility index (Phi) is 2.74. The molecule has 0 amide bonds. The molecule has 1 fully saturated rings. The molecule has 16 heavy (non-hydrogen) atoms. The summed E-state index contributed by atoms with van der Waals surface area (Å²) in [6.45, 7) is 0. The Morgan fingerprint density at radius 2 is 1.94 bits per heavy atom. The van der Waals surface area contributed by atoms with Crippen molar-refractivity contribution in [2.45, 2.75) is 24.6 Å². The standard InChI is InChI=1S/C10H9BrF3NO/c11-8-4-3-7(5-15-8)9(16,6-1-2-6)10(12,13)14/h3-6,16H,1-2H2. The van der Waals surface area contributed by atoms with Crippen LogP contribution in [-0.4, -0.2) is 16.3 Å². The SMILES string of the molecule is OC(c1ccc(Br)nc1)(C1CC1)C(F)(F)F. The summed E-state index contributed by atoms with van der Waals surface area (Å²) < 4.78 is 39.1. The van der Waals surface area contributed by atoms with Crippen molar-refractivity contribution >= 4 is 15.9 Å². The summed E-state index contributed by atoms with van der Waals surface area (Å²) in [5, 5.41) is 9.87. The second-order valence-electron chi connectivity index (χ2n) is 3.91. The van der Waals surface area contributed by atoms with E-state index in [1.54, 1.807) is 0 Å². The van der Waals surface area contributed by atoms with Crippen LogP contribution in [0.4, 0.5) is 13.2 Å². The third-order valence-electron chi connectivity index (χ3n) is 2.77. The first-order chi connectivity index (χ1) is 7.35. The van der Waals surface area contributed by atoms with Crippen LogP contribution in [0, 0.1) is 5.92 Å². The Morgan fingerprint density at radius 1 is 1.31 bits per heavy atom. The number of alkyl halides is 3. The molecule has 1 aromatic heterocycles. The Labute approximate surface area is 98.6 Å². The van der Waals surface area contributed by atoms with Crippen molar-refractivity contribution < 1.29 is 18.3 Å².